The van der Waals surface area contributed by atoms with E-state index in [2.05, 4.69) is 29.0 Å². The zero-order valence-electron chi connectivity index (χ0n) is 11.6. The minimum atomic E-state index is 0.0831. The Morgan fingerprint density at radius 3 is 2.70 bits per heavy atom. The van der Waals surface area contributed by atoms with Crippen molar-refractivity contribution < 1.29 is 4.79 Å². The SMILES string of the molecule is C[C@H](NCCC(=O)NCc1ccccc1)c1cccs1. The van der Waals surface area contributed by atoms with Crippen LogP contribution in [0.1, 0.15) is 29.8 Å². The standard InChI is InChI=1S/C16H20N2OS/c1-13(15-8-5-11-20-15)17-10-9-16(19)18-12-14-6-3-2-4-7-14/h2-8,11,13,17H,9-10,12H2,1H3,(H,18,19)/t13-/m0/s1. The molecule has 1 aromatic carbocycles. The highest BCUT2D eigenvalue weighted by Gasteiger charge is 2.06. The van der Waals surface area contributed by atoms with E-state index in [0.29, 0.717) is 25.6 Å². The summed E-state index contributed by atoms with van der Waals surface area (Å²) in [7, 11) is 0. The molecular weight excluding hydrogens is 268 g/mol. The highest BCUT2D eigenvalue weighted by molar-refractivity contribution is 7.10. The predicted molar refractivity (Wildman–Crippen MR) is 83.6 cm³/mol. The fourth-order valence-electron chi connectivity index (χ4n) is 1.93. The van der Waals surface area contributed by atoms with Crippen LogP contribution in [0.3, 0.4) is 0 Å². The molecule has 1 heterocycles. The van der Waals surface area contributed by atoms with E-state index >= 15 is 0 Å². The van der Waals surface area contributed by atoms with Crippen LogP contribution >= 0.6 is 11.3 Å². The predicted octanol–water partition coefficient (Wildman–Crippen LogP) is 3.11. The topological polar surface area (TPSA) is 41.1 Å². The first kappa shape index (κ1) is 14.8. The van der Waals surface area contributed by atoms with Gasteiger partial charge in [-0.05, 0) is 23.9 Å². The van der Waals surface area contributed by atoms with Gasteiger partial charge in [-0.2, -0.15) is 0 Å². The zero-order valence-corrected chi connectivity index (χ0v) is 12.5. The fourth-order valence-corrected chi connectivity index (χ4v) is 2.68. The molecule has 0 aliphatic rings. The Kier molecular flexibility index (Phi) is 5.77. The van der Waals surface area contributed by atoms with Gasteiger partial charge in [-0.25, -0.2) is 0 Å². The molecule has 0 saturated carbocycles. The van der Waals surface area contributed by atoms with Gasteiger partial charge in [0, 0.05) is 30.4 Å². The Labute approximate surface area is 124 Å². The van der Waals surface area contributed by atoms with Crippen molar-refractivity contribution in [1.29, 1.82) is 0 Å². The van der Waals surface area contributed by atoms with E-state index in [1.54, 1.807) is 11.3 Å². The molecule has 0 spiro atoms. The van der Waals surface area contributed by atoms with Crippen molar-refractivity contribution in [2.75, 3.05) is 6.54 Å². The molecule has 0 radical (unpaired) electrons. The number of hydrogen-bond donors (Lipinski definition) is 2. The van der Waals surface area contributed by atoms with Crippen LogP contribution < -0.4 is 10.6 Å². The largest absolute Gasteiger partial charge is 0.352 e. The number of amides is 1. The third-order valence-corrected chi connectivity index (χ3v) is 4.16. The van der Waals surface area contributed by atoms with Gasteiger partial charge < -0.3 is 10.6 Å². The second kappa shape index (κ2) is 7.82. The van der Waals surface area contributed by atoms with Gasteiger partial charge in [0.2, 0.25) is 5.91 Å². The van der Waals surface area contributed by atoms with Gasteiger partial charge in [-0.15, -0.1) is 11.3 Å². The summed E-state index contributed by atoms with van der Waals surface area (Å²) in [5.74, 6) is 0.0831. The Hall–Kier alpha value is -1.65. The highest BCUT2D eigenvalue weighted by Crippen LogP contribution is 2.17. The molecule has 1 atom stereocenters. The molecule has 0 saturated heterocycles. The second-order valence-electron chi connectivity index (χ2n) is 4.70. The molecule has 2 N–H and O–H groups in total. The van der Waals surface area contributed by atoms with E-state index < -0.39 is 0 Å². The summed E-state index contributed by atoms with van der Waals surface area (Å²) in [5, 5.41) is 8.36. The lowest BCUT2D eigenvalue weighted by atomic mass is 10.2. The lowest BCUT2D eigenvalue weighted by Gasteiger charge is -2.12. The Balaban J connectivity index is 1.63. The molecule has 4 heteroatoms. The normalized spacial score (nSPS) is 12.1. The van der Waals surface area contributed by atoms with Crippen molar-refractivity contribution in [2.45, 2.75) is 25.9 Å². The number of carbonyl (C=O) groups excluding carboxylic acids is 1. The van der Waals surface area contributed by atoms with Crippen molar-refractivity contribution in [3.8, 4) is 0 Å². The van der Waals surface area contributed by atoms with Crippen molar-refractivity contribution in [1.82, 2.24) is 10.6 Å². The molecule has 0 bridgehead atoms. The molecule has 20 heavy (non-hydrogen) atoms. The van der Waals surface area contributed by atoms with Gasteiger partial charge in [-0.3, -0.25) is 4.79 Å². The van der Waals surface area contributed by atoms with Gasteiger partial charge in [0.15, 0.2) is 0 Å². The van der Waals surface area contributed by atoms with Crippen molar-refractivity contribution in [3.63, 3.8) is 0 Å². The maximum absolute atomic E-state index is 11.7. The van der Waals surface area contributed by atoms with Crippen LogP contribution in [0, 0.1) is 0 Å². The minimum absolute atomic E-state index is 0.0831. The average Bonchev–Trinajstić information content (AvgIpc) is 3.00. The average molecular weight is 288 g/mol. The van der Waals surface area contributed by atoms with E-state index in [0.717, 1.165) is 5.56 Å². The van der Waals surface area contributed by atoms with Crippen molar-refractivity contribution in [3.05, 3.63) is 58.3 Å². The van der Waals surface area contributed by atoms with Crippen LogP contribution in [0.25, 0.3) is 0 Å². The van der Waals surface area contributed by atoms with Crippen LogP contribution in [0.15, 0.2) is 47.8 Å². The van der Waals surface area contributed by atoms with Crippen molar-refractivity contribution in [2.24, 2.45) is 0 Å². The summed E-state index contributed by atoms with van der Waals surface area (Å²) in [4.78, 5) is 13.0. The minimum Gasteiger partial charge on any atom is -0.352 e. The van der Waals surface area contributed by atoms with Crippen molar-refractivity contribution >= 4 is 17.2 Å². The van der Waals surface area contributed by atoms with Gasteiger partial charge in [0.1, 0.15) is 0 Å². The van der Waals surface area contributed by atoms with E-state index in [4.69, 9.17) is 0 Å². The van der Waals surface area contributed by atoms with Crippen LogP contribution in [0.2, 0.25) is 0 Å². The van der Waals surface area contributed by atoms with Crippen LogP contribution in [0.5, 0.6) is 0 Å². The van der Waals surface area contributed by atoms with E-state index in [9.17, 15) is 4.79 Å². The van der Waals surface area contributed by atoms with E-state index in [1.807, 2.05) is 36.4 Å². The summed E-state index contributed by atoms with van der Waals surface area (Å²) in [6.07, 6.45) is 0.503. The summed E-state index contributed by atoms with van der Waals surface area (Å²) < 4.78 is 0. The first-order valence-electron chi connectivity index (χ1n) is 6.83. The summed E-state index contributed by atoms with van der Waals surface area (Å²) >= 11 is 1.73. The molecule has 1 amide bonds. The summed E-state index contributed by atoms with van der Waals surface area (Å²) in [6.45, 7) is 3.41. The quantitative estimate of drug-likeness (QED) is 0.822. The Morgan fingerprint density at radius 2 is 2.00 bits per heavy atom. The molecule has 0 unspecified atom stereocenters. The van der Waals surface area contributed by atoms with Gasteiger partial charge in [-0.1, -0.05) is 36.4 Å². The molecule has 1 aromatic heterocycles. The first-order valence-corrected chi connectivity index (χ1v) is 7.71. The third-order valence-electron chi connectivity index (χ3n) is 3.11. The van der Waals surface area contributed by atoms with E-state index in [1.165, 1.54) is 4.88 Å². The lowest BCUT2D eigenvalue weighted by molar-refractivity contribution is -0.121. The Morgan fingerprint density at radius 1 is 1.20 bits per heavy atom. The number of hydrogen-bond acceptors (Lipinski definition) is 3. The number of carbonyl (C=O) groups is 1. The van der Waals surface area contributed by atoms with E-state index in [-0.39, 0.29) is 5.91 Å². The van der Waals surface area contributed by atoms with Crippen LogP contribution in [-0.4, -0.2) is 12.5 Å². The number of rotatable bonds is 7. The monoisotopic (exact) mass is 288 g/mol. The second-order valence-corrected chi connectivity index (χ2v) is 5.68. The molecule has 0 fully saturated rings. The Bertz CT molecular complexity index is 511. The smallest absolute Gasteiger partial charge is 0.221 e. The molecule has 0 aliphatic heterocycles. The lowest BCUT2D eigenvalue weighted by Crippen LogP contribution is -2.28. The molecule has 0 aliphatic carbocycles. The zero-order chi connectivity index (χ0) is 14.2. The van der Waals surface area contributed by atoms with Gasteiger partial charge >= 0.3 is 0 Å². The fraction of sp³-hybridized carbons (Fsp3) is 0.312. The maximum Gasteiger partial charge on any atom is 0.221 e. The molecule has 106 valence electrons. The number of thiophene rings is 1. The first-order chi connectivity index (χ1) is 9.75. The molecule has 3 nitrogen and oxygen atoms in total. The van der Waals surface area contributed by atoms with Crippen LogP contribution in [0.4, 0.5) is 0 Å². The third kappa shape index (κ3) is 4.79. The number of nitrogens with one attached hydrogen (secondary N) is 2. The van der Waals surface area contributed by atoms with Gasteiger partial charge in [0.25, 0.3) is 0 Å². The molecule has 2 aromatic rings. The van der Waals surface area contributed by atoms with Gasteiger partial charge in [0.05, 0.1) is 0 Å². The number of benzene rings is 1. The summed E-state index contributed by atoms with van der Waals surface area (Å²) in [6, 6.07) is 14.4. The highest BCUT2D eigenvalue weighted by atomic mass is 32.1. The molecular formula is C16H20N2OS. The maximum atomic E-state index is 11.7. The summed E-state index contributed by atoms with van der Waals surface area (Å²) in [5.41, 5.74) is 1.13. The molecule has 2 rings (SSSR count). The van der Waals surface area contributed by atoms with Crippen LogP contribution in [-0.2, 0) is 11.3 Å².